The number of hydrazine groups is 1. The summed E-state index contributed by atoms with van der Waals surface area (Å²) < 4.78 is 0. The van der Waals surface area contributed by atoms with Gasteiger partial charge in [-0.25, -0.2) is 0 Å². The van der Waals surface area contributed by atoms with Crippen LogP contribution < -0.4 is 16.2 Å². The second kappa shape index (κ2) is 8.62. The predicted molar refractivity (Wildman–Crippen MR) is 91.0 cm³/mol. The van der Waals surface area contributed by atoms with Gasteiger partial charge in [-0.15, -0.1) is 0 Å². The summed E-state index contributed by atoms with van der Waals surface area (Å²) in [5, 5.41) is 3.33. The summed E-state index contributed by atoms with van der Waals surface area (Å²) in [7, 11) is 0. The van der Waals surface area contributed by atoms with Crippen molar-refractivity contribution < 1.29 is 4.79 Å². The Balaban J connectivity index is 2.55. The van der Waals surface area contributed by atoms with Crippen molar-refractivity contribution in [3.63, 3.8) is 0 Å². The van der Waals surface area contributed by atoms with E-state index < -0.39 is 0 Å². The van der Waals surface area contributed by atoms with Crippen LogP contribution in [0.1, 0.15) is 44.7 Å². The van der Waals surface area contributed by atoms with E-state index in [2.05, 4.69) is 42.1 Å². The van der Waals surface area contributed by atoms with Crippen LogP contribution in [0.25, 0.3) is 0 Å². The van der Waals surface area contributed by atoms with Crippen molar-refractivity contribution in [1.82, 2.24) is 16.2 Å². The van der Waals surface area contributed by atoms with E-state index in [0.29, 0.717) is 17.6 Å². The van der Waals surface area contributed by atoms with Crippen molar-refractivity contribution in [3.8, 4) is 0 Å². The Morgan fingerprint density at radius 3 is 2.29 bits per heavy atom. The molecule has 0 bridgehead atoms. The number of hydrogen-bond donors (Lipinski definition) is 3. The molecule has 0 heterocycles. The number of hydrogen-bond acceptors (Lipinski definition) is 2. The molecule has 0 aromatic heterocycles. The fraction of sp³-hybridized carbons (Fsp3) is 0.500. The zero-order valence-corrected chi connectivity index (χ0v) is 14.0. The van der Waals surface area contributed by atoms with Crippen molar-refractivity contribution >= 4 is 23.2 Å². The fourth-order valence-corrected chi connectivity index (χ4v) is 2.19. The van der Waals surface area contributed by atoms with Crippen molar-refractivity contribution in [2.45, 2.75) is 40.0 Å². The lowest BCUT2D eigenvalue weighted by Gasteiger charge is -2.15. The molecule has 0 radical (unpaired) electrons. The highest BCUT2D eigenvalue weighted by atomic mass is 32.1. The topological polar surface area (TPSA) is 53.2 Å². The summed E-state index contributed by atoms with van der Waals surface area (Å²) in [6.45, 7) is 8.93. The lowest BCUT2D eigenvalue weighted by molar-refractivity contribution is -0.122. The van der Waals surface area contributed by atoms with Crippen LogP contribution in [0, 0.1) is 5.92 Å². The van der Waals surface area contributed by atoms with Crippen LogP contribution >= 0.6 is 12.2 Å². The van der Waals surface area contributed by atoms with Gasteiger partial charge < -0.3 is 5.32 Å². The Hall–Kier alpha value is -1.62. The molecule has 0 aliphatic rings. The molecule has 5 heteroatoms. The molecule has 1 atom stereocenters. The van der Waals surface area contributed by atoms with E-state index in [1.807, 2.05) is 26.0 Å². The Morgan fingerprint density at radius 1 is 1.14 bits per heavy atom. The molecule has 1 aromatic rings. The molecular formula is C16H25N3OS. The molecule has 0 spiro atoms. The third-order valence-electron chi connectivity index (χ3n) is 3.15. The van der Waals surface area contributed by atoms with Crippen LogP contribution in [0.15, 0.2) is 24.3 Å². The maximum absolute atomic E-state index is 12.1. The quantitative estimate of drug-likeness (QED) is 0.578. The van der Waals surface area contributed by atoms with E-state index in [0.717, 1.165) is 12.0 Å². The minimum atomic E-state index is -0.227. The molecule has 21 heavy (non-hydrogen) atoms. The molecule has 1 unspecified atom stereocenters. The summed E-state index contributed by atoms with van der Waals surface area (Å²) in [4.78, 5) is 12.1. The number of benzene rings is 1. The van der Waals surface area contributed by atoms with E-state index in [1.54, 1.807) is 0 Å². The Bertz CT molecular complexity index is 471. The van der Waals surface area contributed by atoms with Gasteiger partial charge in [0.05, 0.1) is 5.92 Å². The average Bonchev–Trinajstić information content (AvgIpc) is 2.44. The van der Waals surface area contributed by atoms with Gasteiger partial charge in [0.25, 0.3) is 0 Å². The van der Waals surface area contributed by atoms with Gasteiger partial charge in [0.1, 0.15) is 0 Å². The van der Waals surface area contributed by atoms with Crippen LogP contribution in [0.5, 0.6) is 0 Å². The van der Waals surface area contributed by atoms with E-state index >= 15 is 0 Å². The third-order valence-corrected chi connectivity index (χ3v) is 3.40. The van der Waals surface area contributed by atoms with E-state index in [1.165, 1.54) is 5.56 Å². The van der Waals surface area contributed by atoms with Gasteiger partial charge in [-0.05, 0) is 49.5 Å². The van der Waals surface area contributed by atoms with Gasteiger partial charge in [0, 0.05) is 6.54 Å². The summed E-state index contributed by atoms with van der Waals surface area (Å²) in [5.41, 5.74) is 7.61. The zero-order valence-electron chi connectivity index (χ0n) is 13.2. The maximum atomic E-state index is 12.1. The minimum absolute atomic E-state index is 0.105. The van der Waals surface area contributed by atoms with E-state index in [-0.39, 0.29) is 11.8 Å². The number of carbonyl (C=O) groups excluding carboxylic acids is 1. The second-order valence-electron chi connectivity index (χ2n) is 5.53. The number of thiocarbonyl (C=S) groups is 1. The molecule has 116 valence electrons. The Morgan fingerprint density at radius 2 is 1.76 bits per heavy atom. The lowest BCUT2D eigenvalue weighted by Crippen LogP contribution is -2.47. The number of amides is 1. The fourth-order valence-electron chi connectivity index (χ4n) is 2.00. The molecule has 0 aliphatic carbocycles. The Labute approximate surface area is 132 Å². The highest BCUT2D eigenvalue weighted by molar-refractivity contribution is 7.80. The summed E-state index contributed by atoms with van der Waals surface area (Å²) in [6, 6.07) is 8.22. The molecule has 0 aliphatic heterocycles. The molecule has 1 rings (SSSR count). The minimum Gasteiger partial charge on any atom is -0.362 e. The average molecular weight is 307 g/mol. The van der Waals surface area contributed by atoms with Crippen molar-refractivity contribution in [2.75, 3.05) is 6.54 Å². The second-order valence-corrected chi connectivity index (χ2v) is 5.94. The first kappa shape index (κ1) is 17.4. The smallest absolute Gasteiger partial charge is 0.245 e. The largest absolute Gasteiger partial charge is 0.362 e. The van der Waals surface area contributed by atoms with Crippen LogP contribution in [-0.4, -0.2) is 17.6 Å². The van der Waals surface area contributed by atoms with Crippen LogP contribution in [0.4, 0.5) is 0 Å². The first-order chi connectivity index (χ1) is 9.93. The highest BCUT2D eigenvalue weighted by Crippen LogP contribution is 2.17. The highest BCUT2D eigenvalue weighted by Gasteiger charge is 2.15. The molecule has 1 amide bonds. The van der Waals surface area contributed by atoms with Gasteiger partial charge in [-0.2, -0.15) is 0 Å². The number of rotatable bonds is 5. The van der Waals surface area contributed by atoms with Crippen LogP contribution in [-0.2, 0) is 11.2 Å². The number of nitrogens with one attached hydrogen (secondary N) is 3. The summed E-state index contributed by atoms with van der Waals surface area (Å²) >= 11 is 5.00. The maximum Gasteiger partial charge on any atom is 0.245 e. The van der Waals surface area contributed by atoms with Crippen molar-refractivity contribution in [1.29, 1.82) is 0 Å². The third kappa shape index (κ3) is 6.12. The van der Waals surface area contributed by atoms with E-state index in [9.17, 15) is 4.79 Å². The SMILES string of the molecule is CCNC(=S)NNC(=O)C(C)c1ccc(CC(C)C)cc1. The Kier molecular flexibility index (Phi) is 7.15. The molecule has 3 N–H and O–H groups in total. The standard InChI is InChI=1S/C16H25N3OS/c1-5-17-16(21)19-18-15(20)12(4)14-8-6-13(7-9-14)10-11(2)3/h6-9,11-12H,5,10H2,1-4H3,(H,18,20)(H2,17,19,21). The lowest BCUT2D eigenvalue weighted by atomic mass is 9.96. The van der Waals surface area contributed by atoms with Crippen molar-refractivity contribution in [3.05, 3.63) is 35.4 Å². The van der Waals surface area contributed by atoms with Gasteiger partial charge >= 0.3 is 0 Å². The van der Waals surface area contributed by atoms with Gasteiger partial charge in [0.15, 0.2) is 5.11 Å². The molecule has 4 nitrogen and oxygen atoms in total. The molecule has 0 saturated heterocycles. The van der Waals surface area contributed by atoms with E-state index in [4.69, 9.17) is 12.2 Å². The first-order valence-corrected chi connectivity index (χ1v) is 7.77. The summed E-state index contributed by atoms with van der Waals surface area (Å²) in [5.74, 6) is 0.301. The van der Waals surface area contributed by atoms with Crippen LogP contribution in [0.2, 0.25) is 0 Å². The molecular weight excluding hydrogens is 282 g/mol. The predicted octanol–water partition coefficient (Wildman–Crippen LogP) is 2.50. The molecule has 1 aromatic carbocycles. The molecule has 0 saturated carbocycles. The zero-order chi connectivity index (χ0) is 15.8. The molecule has 0 fully saturated rings. The number of carbonyl (C=O) groups is 1. The summed E-state index contributed by atoms with van der Waals surface area (Å²) in [6.07, 6.45) is 1.05. The monoisotopic (exact) mass is 307 g/mol. The van der Waals surface area contributed by atoms with Gasteiger partial charge in [0.2, 0.25) is 5.91 Å². The first-order valence-electron chi connectivity index (χ1n) is 7.36. The van der Waals surface area contributed by atoms with Crippen LogP contribution in [0.3, 0.4) is 0 Å². The normalized spacial score (nSPS) is 11.9. The van der Waals surface area contributed by atoms with Gasteiger partial charge in [-0.3, -0.25) is 15.6 Å². The van der Waals surface area contributed by atoms with Crippen molar-refractivity contribution in [2.24, 2.45) is 5.92 Å². The van der Waals surface area contributed by atoms with Gasteiger partial charge in [-0.1, -0.05) is 38.1 Å².